The number of nitrogens with zero attached hydrogens (tertiary/aromatic N) is 1. The summed E-state index contributed by atoms with van der Waals surface area (Å²) >= 11 is 0. The van der Waals surface area contributed by atoms with E-state index in [0.717, 1.165) is 48.1 Å². The molecule has 1 amide bonds. The molecule has 2 heterocycles. The quantitative estimate of drug-likeness (QED) is 0.379. The predicted molar refractivity (Wildman–Crippen MR) is 156 cm³/mol. The smallest absolute Gasteiger partial charge is 0.299 e. The highest BCUT2D eigenvalue weighted by molar-refractivity contribution is 7.59. The second kappa shape index (κ2) is 12.0. The van der Waals surface area contributed by atoms with Crippen LogP contribution in [0, 0.1) is 12.3 Å². The molecule has 2 aliphatic rings. The number of aromatic amines is 1. The number of hydrogen-bond acceptors (Lipinski definition) is 2. The lowest BCUT2D eigenvalue weighted by Gasteiger charge is -2.41. The van der Waals surface area contributed by atoms with Gasteiger partial charge in [-0.25, -0.2) is 0 Å². The molecule has 1 saturated carbocycles. The average molecular weight is 508 g/mol. The molecule has 5 rings (SSSR count). The average Bonchev–Trinajstić information content (AvgIpc) is 3.49. The highest BCUT2D eigenvalue weighted by Crippen LogP contribution is 2.42. The maximum absolute atomic E-state index is 13.1. The van der Waals surface area contributed by atoms with E-state index >= 15 is 0 Å². The number of hydrogen-bond donors (Lipinski definition) is 2. The number of terminal acetylenes is 1. The van der Waals surface area contributed by atoms with Crippen molar-refractivity contribution in [3.05, 3.63) is 65.4 Å². The maximum Gasteiger partial charge on any atom is 0.299 e. The first-order valence-electron chi connectivity index (χ1n) is 12.4. The van der Waals surface area contributed by atoms with Crippen LogP contribution in [0.3, 0.4) is 0 Å². The van der Waals surface area contributed by atoms with Crippen LogP contribution in [0.2, 0.25) is 0 Å². The molecule has 6 heteroatoms. The summed E-state index contributed by atoms with van der Waals surface area (Å²) in [6.45, 7) is 2.20. The van der Waals surface area contributed by atoms with Gasteiger partial charge in [0.25, 0.3) is 5.91 Å². The molecular formula is C29H37N3OS2. The Morgan fingerprint density at radius 1 is 1.11 bits per heavy atom. The number of rotatable bonds is 6. The number of nitrogens with one attached hydrogen (secondary N) is 2. The summed E-state index contributed by atoms with van der Waals surface area (Å²) in [5.74, 6) is 2.20. The number of carbonyl (C=O) groups excluding carboxylic acids is 1. The standard InChI is InChI=1S/C29H33N3O.2H2S/c1-3-5-12-23-19-25-24-13-8-9-14-26(24)31-28(25)29(32(23)27(33)4-2)20-15-17-22(18-16-20)30-21-10-6-7-11-21;;/h2,8-9,13-18,21,23,29-31H,3,5-7,10-12,19H2,1H3;2*1H2/t23-,29-;;/m0../s1. The number of H-pyrrole nitrogens is 1. The van der Waals surface area contributed by atoms with Crippen LogP contribution in [0.5, 0.6) is 0 Å². The lowest BCUT2D eigenvalue weighted by Crippen LogP contribution is -2.47. The molecule has 0 unspecified atom stereocenters. The van der Waals surface area contributed by atoms with Gasteiger partial charge in [-0.05, 0) is 60.9 Å². The molecule has 2 atom stereocenters. The zero-order valence-electron chi connectivity index (χ0n) is 20.4. The summed E-state index contributed by atoms with van der Waals surface area (Å²) < 4.78 is 0. The lowest BCUT2D eigenvalue weighted by molar-refractivity contribution is -0.130. The van der Waals surface area contributed by atoms with E-state index in [9.17, 15) is 4.79 Å². The second-order valence-electron chi connectivity index (χ2n) is 9.57. The fraction of sp³-hybridized carbons (Fsp3) is 0.414. The number of aromatic nitrogens is 1. The fourth-order valence-corrected chi connectivity index (χ4v) is 5.79. The highest BCUT2D eigenvalue weighted by atomic mass is 32.1. The molecule has 35 heavy (non-hydrogen) atoms. The van der Waals surface area contributed by atoms with Crippen LogP contribution in [0.4, 0.5) is 5.69 Å². The van der Waals surface area contributed by atoms with Crippen molar-refractivity contribution in [3.63, 3.8) is 0 Å². The molecule has 3 aromatic rings. The minimum Gasteiger partial charge on any atom is -0.382 e. The van der Waals surface area contributed by atoms with Crippen molar-refractivity contribution in [2.75, 3.05) is 5.32 Å². The molecule has 2 N–H and O–H groups in total. The normalized spacial score (nSPS) is 19.4. The first-order chi connectivity index (χ1) is 16.2. The number of fused-ring (bicyclic) bond motifs is 3. The Morgan fingerprint density at radius 2 is 1.83 bits per heavy atom. The van der Waals surface area contributed by atoms with Crippen LogP contribution in [0.1, 0.15) is 74.7 Å². The Hall–Kier alpha value is -2.49. The molecule has 0 spiro atoms. The van der Waals surface area contributed by atoms with Crippen molar-refractivity contribution in [1.29, 1.82) is 0 Å². The number of unbranched alkanes of at least 4 members (excludes halogenated alkanes) is 1. The minimum absolute atomic E-state index is 0. The van der Waals surface area contributed by atoms with Crippen molar-refractivity contribution in [3.8, 4) is 12.3 Å². The predicted octanol–water partition coefficient (Wildman–Crippen LogP) is 6.41. The van der Waals surface area contributed by atoms with Gasteiger partial charge in [-0.15, -0.1) is 6.42 Å². The highest BCUT2D eigenvalue weighted by Gasteiger charge is 2.39. The van der Waals surface area contributed by atoms with Crippen molar-refractivity contribution in [2.24, 2.45) is 0 Å². The van der Waals surface area contributed by atoms with Gasteiger partial charge in [-0.1, -0.05) is 62.9 Å². The van der Waals surface area contributed by atoms with Crippen LogP contribution in [-0.4, -0.2) is 27.9 Å². The molecular weight excluding hydrogens is 470 g/mol. The zero-order chi connectivity index (χ0) is 22.8. The van der Waals surface area contributed by atoms with E-state index in [0.29, 0.717) is 6.04 Å². The van der Waals surface area contributed by atoms with E-state index in [1.807, 2.05) is 4.90 Å². The molecule has 2 aromatic carbocycles. The number of amides is 1. The molecule has 4 nitrogen and oxygen atoms in total. The van der Waals surface area contributed by atoms with Gasteiger partial charge in [-0.3, -0.25) is 4.79 Å². The summed E-state index contributed by atoms with van der Waals surface area (Å²) in [4.78, 5) is 18.7. The molecule has 1 aliphatic heterocycles. The zero-order valence-corrected chi connectivity index (χ0v) is 22.4. The molecule has 0 bridgehead atoms. The van der Waals surface area contributed by atoms with Gasteiger partial charge in [0.15, 0.2) is 0 Å². The minimum atomic E-state index is -0.224. The number of benzene rings is 2. The summed E-state index contributed by atoms with van der Waals surface area (Å²) in [6.07, 6.45) is 14.8. The maximum atomic E-state index is 13.1. The van der Waals surface area contributed by atoms with Gasteiger partial charge >= 0.3 is 0 Å². The Morgan fingerprint density at radius 3 is 2.51 bits per heavy atom. The Labute approximate surface area is 223 Å². The van der Waals surface area contributed by atoms with Crippen molar-refractivity contribution >= 4 is 49.5 Å². The van der Waals surface area contributed by atoms with Crippen LogP contribution in [0.15, 0.2) is 48.5 Å². The first kappa shape index (κ1) is 27.1. The topological polar surface area (TPSA) is 48.1 Å². The molecule has 1 aromatic heterocycles. The molecule has 1 aliphatic carbocycles. The molecule has 0 saturated heterocycles. The van der Waals surface area contributed by atoms with E-state index in [1.54, 1.807) is 0 Å². The Balaban J connectivity index is 0.00000171. The second-order valence-corrected chi connectivity index (χ2v) is 9.57. The number of anilines is 1. The largest absolute Gasteiger partial charge is 0.382 e. The van der Waals surface area contributed by atoms with E-state index in [1.165, 1.54) is 36.6 Å². The van der Waals surface area contributed by atoms with Crippen molar-refractivity contribution < 1.29 is 4.79 Å². The third-order valence-electron chi connectivity index (χ3n) is 7.43. The Kier molecular flexibility index (Phi) is 9.27. The van der Waals surface area contributed by atoms with E-state index in [2.05, 4.69) is 71.7 Å². The van der Waals surface area contributed by atoms with Crippen molar-refractivity contribution in [1.82, 2.24) is 9.88 Å². The van der Waals surface area contributed by atoms with Gasteiger partial charge in [0, 0.05) is 34.4 Å². The molecule has 0 radical (unpaired) electrons. The van der Waals surface area contributed by atoms with Gasteiger partial charge < -0.3 is 15.2 Å². The lowest BCUT2D eigenvalue weighted by atomic mass is 9.86. The van der Waals surface area contributed by atoms with Crippen molar-refractivity contribution in [2.45, 2.75) is 76.4 Å². The monoisotopic (exact) mass is 507 g/mol. The van der Waals surface area contributed by atoms with Gasteiger partial charge in [0.1, 0.15) is 0 Å². The third-order valence-corrected chi connectivity index (χ3v) is 7.43. The van der Waals surface area contributed by atoms with Crippen LogP contribution in [-0.2, 0) is 11.2 Å². The summed E-state index contributed by atoms with van der Waals surface area (Å²) in [5, 5.41) is 4.93. The first-order valence-corrected chi connectivity index (χ1v) is 12.4. The SMILES string of the molecule is C#CC(=O)N1[C@@H](CCCC)Cc2c([nH]c3ccccc23)[C@@H]1c1ccc(NC2CCCC2)cc1.S.S. The van der Waals surface area contributed by atoms with Gasteiger partial charge in [-0.2, -0.15) is 27.0 Å². The van der Waals surface area contributed by atoms with E-state index in [-0.39, 0.29) is 45.0 Å². The van der Waals surface area contributed by atoms with Crippen LogP contribution in [0.25, 0.3) is 10.9 Å². The van der Waals surface area contributed by atoms with E-state index in [4.69, 9.17) is 6.42 Å². The fourth-order valence-electron chi connectivity index (χ4n) is 5.79. The van der Waals surface area contributed by atoms with Crippen LogP contribution >= 0.6 is 27.0 Å². The number of carbonyl (C=O) groups is 1. The molecule has 186 valence electrons. The summed E-state index contributed by atoms with van der Waals surface area (Å²) in [7, 11) is 0. The summed E-state index contributed by atoms with van der Waals surface area (Å²) in [6, 6.07) is 17.6. The summed E-state index contributed by atoms with van der Waals surface area (Å²) in [5.41, 5.74) is 5.80. The van der Waals surface area contributed by atoms with Crippen LogP contribution < -0.4 is 5.32 Å². The third kappa shape index (κ3) is 5.37. The number of para-hydroxylation sites is 1. The van der Waals surface area contributed by atoms with Gasteiger partial charge in [0.2, 0.25) is 0 Å². The Bertz CT molecular complexity index is 1170. The van der Waals surface area contributed by atoms with Gasteiger partial charge in [0.05, 0.1) is 6.04 Å². The molecule has 1 fully saturated rings. The van der Waals surface area contributed by atoms with E-state index < -0.39 is 0 Å².